The van der Waals surface area contributed by atoms with Crippen LogP contribution in [-0.2, 0) is 4.74 Å². The molecule has 1 aliphatic rings. The molecule has 0 N–H and O–H groups in total. The Kier molecular flexibility index (Phi) is 5.39. The number of carbonyl (C=O) groups excluding carboxylic acids is 1. The second-order valence-corrected chi connectivity index (χ2v) is 8.09. The molecule has 2 heterocycles. The van der Waals surface area contributed by atoms with E-state index in [9.17, 15) is 10.1 Å². The predicted octanol–water partition coefficient (Wildman–Crippen LogP) is 4.64. The van der Waals surface area contributed by atoms with E-state index in [-0.39, 0.29) is 18.2 Å². The van der Waals surface area contributed by atoms with E-state index in [2.05, 4.69) is 22.0 Å². The molecule has 1 aromatic heterocycles. The fraction of sp³-hybridized carbons (Fsp3) is 0.318. The predicted molar refractivity (Wildman–Crippen MR) is 116 cm³/mol. The minimum Gasteiger partial charge on any atom is -0.496 e. The third-order valence-electron chi connectivity index (χ3n) is 5.39. The summed E-state index contributed by atoms with van der Waals surface area (Å²) in [6.45, 7) is 2.39. The third-order valence-corrected chi connectivity index (χ3v) is 6.00. The summed E-state index contributed by atoms with van der Waals surface area (Å²) < 4.78 is 17.4. The SMILES string of the molecule is COC(=O)N1C[C@H](Oc2nc3cc(C#N)ccc3c3cc(OC)c(Br)cc23)C[C@H]1C. The van der Waals surface area contributed by atoms with Crippen LogP contribution in [0.4, 0.5) is 4.79 Å². The number of pyridine rings is 1. The van der Waals surface area contributed by atoms with Crippen LogP contribution in [0.3, 0.4) is 0 Å². The van der Waals surface area contributed by atoms with E-state index in [1.54, 1.807) is 24.1 Å². The van der Waals surface area contributed by atoms with Crippen LogP contribution < -0.4 is 9.47 Å². The highest BCUT2D eigenvalue weighted by Crippen LogP contribution is 2.39. The van der Waals surface area contributed by atoms with E-state index in [1.807, 2.05) is 25.1 Å². The van der Waals surface area contributed by atoms with Crippen LogP contribution in [0, 0.1) is 11.3 Å². The number of hydrogen-bond acceptors (Lipinski definition) is 6. The Morgan fingerprint density at radius 2 is 2.03 bits per heavy atom. The van der Waals surface area contributed by atoms with Gasteiger partial charge in [0.1, 0.15) is 11.9 Å². The monoisotopic (exact) mass is 469 g/mol. The first-order valence-corrected chi connectivity index (χ1v) is 10.3. The lowest BCUT2D eigenvalue weighted by molar-refractivity contribution is 0.116. The molecule has 0 bridgehead atoms. The molecule has 2 atom stereocenters. The summed E-state index contributed by atoms with van der Waals surface area (Å²) in [4.78, 5) is 18.3. The van der Waals surface area contributed by atoms with Crippen LogP contribution in [0.25, 0.3) is 21.7 Å². The molecule has 30 heavy (non-hydrogen) atoms. The van der Waals surface area contributed by atoms with Crippen molar-refractivity contribution in [3.8, 4) is 17.7 Å². The van der Waals surface area contributed by atoms with Crippen molar-refractivity contribution < 1.29 is 19.0 Å². The first-order valence-electron chi connectivity index (χ1n) is 9.47. The van der Waals surface area contributed by atoms with Gasteiger partial charge in [-0.1, -0.05) is 6.07 Å². The molecular formula is C22H20BrN3O4. The first-order chi connectivity index (χ1) is 14.4. The maximum Gasteiger partial charge on any atom is 0.409 e. The van der Waals surface area contributed by atoms with Gasteiger partial charge in [-0.25, -0.2) is 9.78 Å². The average molecular weight is 470 g/mol. The zero-order chi connectivity index (χ0) is 21.4. The normalized spacial score (nSPS) is 18.4. The summed E-state index contributed by atoms with van der Waals surface area (Å²) in [5.74, 6) is 1.15. The van der Waals surface area contributed by atoms with Gasteiger partial charge in [-0.05, 0) is 47.1 Å². The Bertz CT molecular complexity index is 1190. The zero-order valence-corrected chi connectivity index (χ0v) is 18.4. The summed E-state index contributed by atoms with van der Waals surface area (Å²) in [7, 11) is 2.99. The number of nitrogens with zero attached hydrogens (tertiary/aromatic N) is 3. The van der Waals surface area contributed by atoms with Crippen LogP contribution in [0.5, 0.6) is 11.6 Å². The van der Waals surface area contributed by atoms with Crippen molar-refractivity contribution >= 4 is 43.7 Å². The molecular weight excluding hydrogens is 450 g/mol. The molecule has 8 heteroatoms. The largest absolute Gasteiger partial charge is 0.496 e. The molecule has 4 rings (SSSR count). The molecule has 1 aliphatic heterocycles. The lowest BCUT2D eigenvalue weighted by Crippen LogP contribution is -2.34. The number of ether oxygens (including phenoxy) is 3. The van der Waals surface area contributed by atoms with E-state index in [1.165, 1.54) is 7.11 Å². The molecule has 0 unspecified atom stereocenters. The Morgan fingerprint density at radius 1 is 1.23 bits per heavy atom. The Balaban J connectivity index is 1.82. The van der Waals surface area contributed by atoms with Gasteiger partial charge in [-0.3, -0.25) is 0 Å². The van der Waals surface area contributed by atoms with Gasteiger partial charge in [-0.2, -0.15) is 5.26 Å². The summed E-state index contributed by atoms with van der Waals surface area (Å²) in [5, 5.41) is 11.9. The second kappa shape index (κ2) is 8.00. The highest BCUT2D eigenvalue weighted by molar-refractivity contribution is 9.10. The number of amides is 1. The van der Waals surface area contributed by atoms with Gasteiger partial charge in [0.05, 0.1) is 42.4 Å². The number of hydrogen-bond donors (Lipinski definition) is 0. The fourth-order valence-corrected chi connectivity index (χ4v) is 4.39. The van der Waals surface area contributed by atoms with Gasteiger partial charge in [-0.15, -0.1) is 0 Å². The lowest BCUT2D eigenvalue weighted by atomic mass is 10.0. The highest BCUT2D eigenvalue weighted by atomic mass is 79.9. The number of likely N-dealkylation sites (tertiary alicyclic amines) is 1. The van der Waals surface area contributed by atoms with E-state index in [0.717, 1.165) is 20.6 Å². The van der Waals surface area contributed by atoms with Crippen molar-refractivity contribution in [3.05, 3.63) is 40.4 Å². The summed E-state index contributed by atoms with van der Waals surface area (Å²) in [6.07, 6.45) is 0.0923. The first kappa shape index (κ1) is 20.2. The van der Waals surface area contributed by atoms with E-state index >= 15 is 0 Å². The summed E-state index contributed by atoms with van der Waals surface area (Å²) in [6, 6.07) is 11.4. The number of benzene rings is 2. The van der Waals surface area contributed by atoms with Crippen molar-refractivity contribution in [2.24, 2.45) is 0 Å². The molecule has 0 spiro atoms. The molecule has 0 saturated carbocycles. The highest BCUT2D eigenvalue weighted by Gasteiger charge is 2.35. The number of rotatable bonds is 3. The number of carbonyl (C=O) groups is 1. The molecule has 0 radical (unpaired) electrons. The number of halogens is 1. The third kappa shape index (κ3) is 3.50. The van der Waals surface area contributed by atoms with E-state index in [4.69, 9.17) is 19.2 Å². The molecule has 3 aromatic rings. The summed E-state index contributed by atoms with van der Waals surface area (Å²) in [5.41, 5.74) is 1.19. The van der Waals surface area contributed by atoms with Crippen LogP contribution >= 0.6 is 15.9 Å². The van der Waals surface area contributed by atoms with Crippen molar-refractivity contribution in [2.45, 2.75) is 25.5 Å². The smallest absolute Gasteiger partial charge is 0.409 e. The maximum absolute atomic E-state index is 12.0. The van der Waals surface area contributed by atoms with E-state index in [0.29, 0.717) is 35.7 Å². The van der Waals surface area contributed by atoms with Crippen LogP contribution in [0.2, 0.25) is 0 Å². The Morgan fingerprint density at radius 3 is 2.73 bits per heavy atom. The topological polar surface area (TPSA) is 84.7 Å². The van der Waals surface area contributed by atoms with Crippen LogP contribution in [0.15, 0.2) is 34.8 Å². The van der Waals surface area contributed by atoms with Crippen molar-refractivity contribution in [2.75, 3.05) is 20.8 Å². The molecule has 1 amide bonds. The van der Waals surface area contributed by atoms with Gasteiger partial charge < -0.3 is 19.1 Å². The maximum atomic E-state index is 12.0. The molecule has 1 saturated heterocycles. The van der Waals surface area contributed by atoms with Crippen LogP contribution in [0.1, 0.15) is 18.9 Å². The molecule has 154 valence electrons. The molecule has 0 aliphatic carbocycles. The molecule has 7 nitrogen and oxygen atoms in total. The molecule has 2 aromatic carbocycles. The Hall–Kier alpha value is -3.05. The quantitative estimate of drug-likeness (QED) is 0.519. The Labute approximate surface area is 182 Å². The van der Waals surface area contributed by atoms with E-state index < -0.39 is 0 Å². The average Bonchev–Trinajstić information content (AvgIpc) is 3.12. The fourth-order valence-electron chi connectivity index (χ4n) is 3.89. The van der Waals surface area contributed by atoms with Crippen molar-refractivity contribution in [3.63, 3.8) is 0 Å². The van der Waals surface area contributed by atoms with Gasteiger partial charge in [0.2, 0.25) is 5.88 Å². The second-order valence-electron chi connectivity index (χ2n) is 7.24. The van der Waals surface area contributed by atoms with Gasteiger partial charge in [0.25, 0.3) is 0 Å². The van der Waals surface area contributed by atoms with Crippen LogP contribution in [-0.4, -0.2) is 48.9 Å². The summed E-state index contributed by atoms with van der Waals surface area (Å²) >= 11 is 3.54. The number of fused-ring (bicyclic) bond motifs is 3. The van der Waals surface area contributed by atoms with Gasteiger partial charge >= 0.3 is 6.09 Å². The minimum absolute atomic E-state index is 0.00573. The standard InChI is InChI=1S/C22H20BrN3O4/c1-12-6-14(11-26(12)22(27)29-3)30-21-17-8-18(23)20(28-2)9-16(17)15-5-4-13(10-24)7-19(15)25-21/h4-5,7-9,12,14H,6,11H2,1-3H3/t12-,14-/m1/s1. The molecule has 1 fully saturated rings. The number of nitriles is 1. The zero-order valence-electron chi connectivity index (χ0n) is 16.8. The lowest BCUT2D eigenvalue weighted by Gasteiger charge is -2.19. The van der Waals surface area contributed by atoms with Gasteiger partial charge in [0, 0.05) is 28.6 Å². The minimum atomic E-state index is -0.365. The number of aromatic nitrogens is 1. The number of methoxy groups -OCH3 is 2. The van der Waals surface area contributed by atoms with Crippen molar-refractivity contribution in [1.82, 2.24) is 9.88 Å². The van der Waals surface area contributed by atoms with Crippen molar-refractivity contribution in [1.29, 1.82) is 5.26 Å². The van der Waals surface area contributed by atoms with Gasteiger partial charge in [0.15, 0.2) is 0 Å².